The molecule has 4 aromatic rings. The highest BCUT2D eigenvalue weighted by Crippen LogP contribution is 2.30. The van der Waals surface area contributed by atoms with Gasteiger partial charge in [0.05, 0.1) is 21.7 Å². The van der Waals surface area contributed by atoms with Crippen molar-refractivity contribution in [1.29, 1.82) is 0 Å². The summed E-state index contributed by atoms with van der Waals surface area (Å²) in [5.41, 5.74) is 8.39. The van der Waals surface area contributed by atoms with Crippen LogP contribution in [0, 0.1) is 0 Å². The van der Waals surface area contributed by atoms with Gasteiger partial charge in [-0.3, -0.25) is 9.89 Å². The van der Waals surface area contributed by atoms with Crippen LogP contribution in [0.25, 0.3) is 33.8 Å². The first-order valence-corrected chi connectivity index (χ1v) is 7.65. The molecule has 7 nitrogen and oxygen atoms in total. The Hall–Kier alpha value is -3.32. The van der Waals surface area contributed by atoms with E-state index in [0.717, 1.165) is 33.8 Å². The van der Waals surface area contributed by atoms with Crippen molar-refractivity contribution in [3.8, 4) is 28.5 Å². The summed E-state index contributed by atoms with van der Waals surface area (Å²) in [4.78, 5) is 16.4. The van der Waals surface area contributed by atoms with Crippen molar-refractivity contribution in [3.63, 3.8) is 0 Å². The molecule has 0 fully saturated rings. The van der Waals surface area contributed by atoms with Gasteiger partial charge in [-0.25, -0.2) is 4.98 Å². The van der Waals surface area contributed by atoms with E-state index in [9.17, 15) is 5.11 Å². The summed E-state index contributed by atoms with van der Waals surface area (Å²) < 4.78 is 0. The lowest BCUT2D eigenvalue weighted by Gasteiger charge is -1.99. The molecule has 0 atom stereocenters. The molecule has 2 aromatic heterocycles. The van der Waals surface area contributed by atoms with Crippen LogP contribution in [-0.2, 0) is 4.79 Å². The molecule has 4 rings (SSSR count). The van der Waals surface area contributed by atoms with Crippen LogP contribution >= 0.6 is 11.6 Å². The van der Waals surface area contributed by atoms with Gasteiger partial charge in [-0.15, -0.1) is 0 Å². The number of rotatable bonds is 2. The number of nitrogens with zero attached hydrogens (tertiary/aromatic N) is 2. The smallest absolute Gasteiger partial charge is 0.204 e. The van der Waals surface area contributed by atoms with Gasteiger partial charge in [-0.1, -0.05) is 23.7 Å². The Labute approximate surface area is 147 Å². The van der Waals surface area contributed by atoms with E-state index < -0.39 is 0 Å². The number of nitrogens with one attached hydrogen (secondary N) is 2. The van der Waals surface area contributed by atoms with E-state index in [0.29, 0.717) is 5.02 Å². The Kier molecular flexibility index (Phi) is 4.67. The molecule has 8 heteroatoms. The van der Waals surface area contributed by atoms with Crippen molar-refractivity contribution in [2.24, 2.45) is 5.73 Å². The number of phenols is 1. The van der Waals surface area contributed by atoms with Crippen LogP contribution in [0.3, 0.4) is 0 Å². The minimum atomic E-state index is 0.0541. The zero-order valence-electron chi connectivity index (χ0n) is 12.9. The maximum atomic E-state index is 9.48. The molecule has 0 spiro atoms. The number of aromatic hydroxyl groups is 1. The van der Waals surface area contributed by atoms with Crippen molar-refractivity contribution < 1.29 is 9.90 Å². The van der Waals surface area contributed by atoms with Gasteiger partial charge >= 0.3 is 0 Å². The maximum Gasteiger partial charge on any atom is 0.204 e. The van der Waals surface area contributed by atoms with Crippen molar-refractivity contribution in [2.45, 2.75) is 0 Å². The highest BCUT2D eigenvalue weighted by Gasteiger charge is 2.10. The Bertz CT molecular complexity index is 992. The van der Waals surface area contributed by atoms with E-state index in [4.69, 9.17) is 16.4 Å². The third kappa shape index (κ3) is 3.46. The standard InChI is InChI=1S/C16H11ClN4O.CH3NO/c17-10-7-9(5-6-15(10)22)13-8-14(21-20-13)16-18-11-3-1-2-4-12(11)19-16;2-1-3/h1-8,22H,(H,18,19)(H,20,21);1H,(H2,2,3). The number of phenolic OH excluding ortho intramolecular Hbond substituents is 1. The van der Waals surface area contributed by atoms with Gasteiger partial charge in [0.1, 0.15) is 11.4 Å². The summed E-state index contributed by atoms with van der Waals surface area (Å²) >= 11 is 5.93. The fourth-order valence-electron chi connectivity index (χ4n) is 2.34. The van der Waals surface area contributed by atoms with Crippen molar-refractivity contribution in [1.82, 2.24) is 20.2 Å². The highest BCUT2D eigenvalue weighted by molar-refractivity contribution is 6.32. The molecule has 0 bridgehead atoms. The molecule has 126 valence electrons. The molecule has 0 radical (unpaired) electrons. The second-order valence-corrected chi connectivity index (χ2v) is 5.48. The summed E-state index contributed by atoms with van der Waals surface area (Å²) in [6, 6.07) is 14.7. The van der Waals surface area contributed by atoms with Crippen LogP contribution < -0.4 is 5.73 Å². The molecule has 0 aliphatic rings. The number of para-hydroxylation sites is 2. The quantitative estimate of drug-likeness (QED) is 0.413. The predicted octanol–water partition coefficient (Wildman–Crippen LogP) is 3.08. The first kappa shape index (κ1) is 16.5. The number of H-pyrrole nitrogens is 2. The number of carbonyl (C=O) groups excluding carboxylic acids is 1. The van der Waals surface area contributed by atoms with E-state index in [-0.39, 0.29) is 12.2 Å². The van der Waals surface area contributed by atoms with Crippen molar-refractivity contribution in [3.05, 3.63) is 53.6 Å². The van der Waals surface area contributed by atoms with E-state index in [1.54, 1.807) is 18.2 Å². The molecule has 25 heavy (non-hydrogen) atoms. The number of primary amides is 1. The van der Waals surface area contributed by atoms with Gasteiger partial charge in [0.15, 0.2) is 5.82 Å². The monoisotopic (exact) mass is 355 g/mol. The number of hydrogen-bond donors (Lipinski definition) is 4. The Morgan fingerprint density at radius 2 is 1.92 bits per heavy atom. The topological polar surface area (TPSA) is 121 Å². The third-order valence-corrected chi connectivity index (χ3v) is 3.77. The lowest BCUT2D eigenvalue weighted by molar-refractivity contribution is -0.106. The normalized spacial score (nSPS) is 10.3. The fourth-order valence-corrected chi connectivity index (χ4v) is 2.52. The second-order valence-electron chi connectivity index (χ2n) is 5.07. The van der Waals surface area contributed by atoms with Crippen molar-refractivity contribution in [2.75, 3.05) is 0 Å². The first-order valence-electron chi connectivity index (χ1n) is 7.27. The van der Waals surface area contributed by atoms with Gasteiger partial charge < -0.3 is 15.8 Å². The molecule has 0 saturated heterocycles. The zero-order chi connectivity index (χ0) is 17.8. The number of nitrogens with two attached hydrogens (primary N) is 1. The fraction of sp³-hybridized carbons (Fsp3) is 0. The molecular formula is C17H14ClN5O2. The summed E-state index contributed by atoms with van der Waals surface area (Å²) in [6.07, 6.45) is 0.250. The minimum absolute atomic E-state index is 0.0541. The largest absolute Gasteiger partial charge is 0.506 e. The summed E-state index contributed by atoms with van der Waals surface area (Å²) in [6.45, 7) is 0. The number of aromatic amines is 2. The lowest BCUT2D eigenvalue weighted by Crippen LogP contribution is -1.82. The number of aromatic nitrogens is 4. The van der Waals surface area contributed by atoms with Crippen LogP contribution in [-0.4, -0.2) is 31.7 Å². The second kappa shape index (κ2) is 7.06. The van der Waals surface area contributed by atoms with E-state index in [2.05, 4.69) is 25.9 Å². The van der Waals surface area contributed by atoms with Crippen LogP contribution in [0.15, 0.2) is 48.5 Å². The molecule has 0 saturated carbocycles. The molecule has 0 unspecified atom stereocenters. The van der Waals surface area contributed by atoms with Crippen molar-refractivity contribution >= 4 is 29.0 Å². The Balaban J connectivity index is 0.000000569. The zero-order valence-corrected chi connectivity index (χ0v) is 13.7. The van der Waals surface area contributed by atoms with Gasteiger partial charge in [0, 0.05) is 5.56 Å². The van der Waals surface area contributed by atoms with Crippen LogP contribution in [0.4, 0.5) is 0 Å². The molecule has 0 aliphatic heterocycles. The Morgan fingerprint density at radius 1 is 1.16 bits per heavy atom. The van der Waals surface area contributed by atoms with Gasteiger partial charge in [-0.05, 0) is 36.4 Å². The average molecular weight is 356 g/mol. The molecule has 2 aromatic carbocycles. The Morgan fingerprint density at radius 3 is 2.64 bits per heavy atom. The summed E-state index contributed by atoms with van der Waals surface area (Å²) in [5, 5.41) is 17.0. The number of halogens is 1. The average Bonchev–Trinajstić information content (AvgIpc) is 3.24. The van der Waals surface area contributed by atoms with E-state index >= 15 is 0 Å². The van der Waals surface area contributed by atoms with Gasteiger partial charge in [0.2, 0.25) is 6.41 Å². The number of imidazole rings is 1. The van der Waals surface area contributed by atoms with Crippen LogP contribution in [0.2, 0.25) is 5.02 Å². The minimum Gasteiger partial charge on any atom is -0.506 e. The summed E-state index contributed by atoms with van der Waals surface area (Å²) in [7, 11) is 0. The van der Waals surface area contributed by atoms with E-state index in [1.807, 2.05) is 30.3 Å². The van der Waals surface area contributed by atoms with E-state index in [1.165, 1.54) is 0 Å². The number of carbonyl (C=O) groups is 1. The third-order valence-electron chi connectivity index (χ3n) is 3.47. The number of amides is 1. The summed E-state index contributed by atoms with van der Waals surface area (Å²) in [5.74, 6) is 0.781. The SMILES string of the molecule is NC=O.Oc1ccc(-c2cc(-c3nc4ccccc4[nH]3)[nH]n2)cc1Cl. The maximum absolute atomic E-state index is 9.48. The first-order chi connectivity index (χ1) is 12.1. The molecule has 0 aliphatic carbocycles. The number of hydrogen-bond acceptors (Lipinski definition) is 4. The van der Waals surface area contributed by atoms with Crippen LogP contribution in [0.5, 0.6) is 5.75 Å². The predicted molar refractivity (Wildman–Crippen MR) is 96.0 cm³/mol. The number of fused-ring (bicyclic) bond motifs is 1. The lowest BCUT2D eigenvalue weighted by atomic mass is 10.1. The van der Waals surface area contributed by atoms with Crippen LogP contribution in [0.1, 0.15) is 0 Å². The van der Waals surface area contributed by atoms with Gasteiger partial charge in [0.25, 0.3) is 0 Å². The molecule has 5 N–H and O–H groups in total. The molecular weight excluding hydrogens is 342 g/mol. The number of benzene rings is 2. The van der Waals surface area contributed by atoms with Gasteiger partial charge in [-0.2, -0.15) is 5.10 Å². The molecule has 2 heterocycles. The molecule has 1 amide bonds. The highest BCUT2D eigenvalue weighted by atomic mass is 35.5.